The van der Waals surface area contributed by atoms with Gasteiger partial charge in [-0.2, -0.15) is 4.52 Å². The van der Waals surface area contributed by atoms with Crippen LogP contribution in [0.15, 0.2) is 39.5 Å². The van der Waals surface area contributed by atoms with Crippen LogP contribution in [0.2, 0.25) is 0 Å². The number of fused-ring (bicyclic) bond motifs is 1. The van der Waals surface area contributed by atoms with Gasteiger partial charge >= 0.3 is 0 Å². The van der Waals surface area contributed by atoms with Crippen LogP contribution in [0, 0.1) is 17.0 Å². The zero-order chi connectivity index (χ0) is 20.9. The molecule has 3 aromatic heterocycles. The Morgan fingerprint density at radius 1 is 1.14 bits per heavy atom. The van der Waals surface area contributed by atoms with Crippen LogP contribution in [0.5, 0.6) is 0 Å². The van der Waals surface area contributed by atoms with E-state index in [1.807, 2.05) is 20.8 Å². The SMILES string of the molecule is Cc1ccc(-c2ccc(-c3nn4c(=O)c(C(C)(C)C)nnc4s3)o2)c([N+](=O)[O-])c1. The highest BCUT2D eigenvalue weighted by molar-refractivity contribution is 7.19. The molecule has 10 heteroatoms. The molecule has 0 atom stereocenters. The summed E-state index contributed by atoms with van der Waals surface area (Å²) in [6, 6.07) is 8.25. The van der Waals surface area contributed by atoms with E-state index < -0.39 is 10.3 Å². The van der Waals surface area contributed by atoms with Gasteiger partial charge in [0.1, 0.15) is 11.5 Å². The normalized spacial score (nSPS) is 11.9. The van der Waals surface area contributed by atoms with E-state index in [-0.39, 0.29) is 11.2 Å². The van der Waals surface area contributed by atoms with Gasteiger partial charge in [0.25, 0.3) is 11.2 Å². The fraction of sp³-hybridized carbons (Fsp3) is 0.263. The Morgan fingerprint density at radius 3 is 2.55 bits per heavy atom. The van der Waals surface area contributed by atoms with Crippen molar-refractivity contribution in [2.24, 2.45) is 0 Å². The Bertz CT molecular complexity index is 1310. The Morgan fingerprint density at radius 2 is 1.86 bits per heavy atom. The highest BCUT2D eigenvalue weighted by Crippen LogP contribution is 2.35. The van der Waals surface area contributed by atoms with Gasteiger partial charge in [-0.25, -0.2) is 0 Å². The third kappa shape index (κ3) is 3.31. The van der Waals surface area contributed by atoms with Crippen LogP contribution in [-0.2, 0) is 5.41 Å². The van der Waals surface area contributed by atoms with E-state index >= 15 is 0 Å². The van der Waals surface area contributed by atoms with Crippen LogP contribution in [0.4, 0.5) is 5.69 Å². The van der Waals surface area contributed by atoms with Gasteiger partial charge in [-0.05, 0) is 30.7 Å². The zero-order valence-electron chi connectivity index (χ0n) is 16.2. The van der Waals surface area contributed by atoms with E-state index in [2.05, 4.69) is 15.3 Å². The summed E-state index contributed by atoms with van der Waals surface area (Å²) in [5, 5.41) is 24.3. The maximum Gasteiger partial charge on any atom is 0.297 e. The van der Waals surface area contributed by atoms with Gasteiger partial charge < -0.3 is 4.42 Å². The molecule has 0 saturated heterocycles. The van der Waals surface area contributed by atoms with Crippen LogP contribution in [0.1, 0.15) is 32.0 Å². The Kier molecular flexibility index (Phi) is 4.30. The second-order valence-electron chi connectivity index (χ2n) is 7.65. The first-order valence-corrected chi connectivity index (χ1v) is 9.59. The third-order valence-electron chi connectivity index (χ3n) is 4.33. The number of aryl methyl sites for hydroxylation is 1. The molecule has 0 aliphatic carbocycles. The number of hydrogen-bond donors (Lipinski definition) is 0. The van der Waals surface area contributed by atoms with Gasteiger partial charge in [0, 0.05) is 11.5 Å². The molecular weight excluding hydrogens is 394 g/mol. The lowest BCUT2D eigenvalue weighted by Crippen LogP contribution is -2.30. The number of furan rings is 1. The van der Waals surface area contributed by atoms with Crippen molar-refractivity contribution >= 4 is 22.0 Å². The quantitative estimate of drug-likeness (QED) is 0.369. The van der Waals surface area contributed by atoms with Crippen LogP contribution in [0.25, 0.3) is 27.1 Å². The predicted octanol–water partition coefficient (Wildman–Crippen LogP) is 3.99. The minimum absolute atomic E-state index is 0.0351. The van der Waals surface area contributed by atoms with Crippen molar-refractivity contribution < 1.29 is 9.34 Å². The number of benzene rings is 1. The number of nitro benzene ring substituents is 1. The maximum atomic E-state index is 12.7. The van der Waals surface area contributed by atoms with Crippen molar-refractivity contribution in [1.29, 1.82) is 0 Å². The largest absolute Gasteiger partial charge is 0.453 e. The van der Waals surface area contributed by atoms with Crippen molar-refractivity contribution in [2.45, 2.75) is 33.1 Å². The molecule has 148 valence electrons. The summed E-state index contributed by atoms with van der Waals surface area (Å²) in [6.07, 6.45) is 0. The number of rotatable bonds is 3. The molecule has 0 N–H and O–H groups in total. The highest BCUT2D eigenvalue weighted by atomic mass is 32.1. The molecular formula is C19H17N5O4S. The van der Waals surface area contributed by atoms with Gasteiger partial charge in [0.15, 0.2) is 10.8 Å². The molecule has 0 radical (unpaired) electrons. The molecule has 0 amide bonds. The summed E-state index contributed by atoms with van der Waals surface area (Å²) in [5.74, 6) is 0.738. The van der Waals surface area contributed by atoms with E-state index in [4.69, 9.17) is 4.42 Å². The second kappa shape index (κ2) is 6.59. The lowest BCUT2D eigenvalue weighted by atomic mass is 9.93. The minimum Gasteiger partial charge on any atom is -0.453 e. The summed E-state index contributed by atoms with van der Waals surface area (Å²) in [4.78, 5) is 24.0. The molecule has 1 aromatic carbocycles. The second-order valence-corrected chi connectivity index (χ2v) is 8.60. The van der Waals surface area contributed by atoms with Crippen molar-refractivity contribution in [3.8, 4) is 22.1 Å². The summed E-state index contributed by atoms with van der Waals surface area (Å²) in [7, 11) is 0. The van der Waals surface area contributed by atoms with Crippen molar-refractivity contribution in [3.63, 3.8) is 0 Å². The first-order chi connectivity index (χ1) is 13.6. The lowest BCUT2D eigenvalue weighted by Gasteiger charge is -2.14. The Hall–Kier alpha value is -3.40. The maximum absolute atomic E-state index is 12.7. The molecule has 0 spiro atoms. The molecule has 3 heterocycles. The number of nitro groups is 1. The minimum atomic E-state index is -0.461. The molecule has 29 heavy (non-hydrogen) atoms. The van der Waals surface area contributed by atoms with Gasteiger partial charge in [-0.3, -0.25) is 14.9 Å². The molecule has 4 aromatic rings. The molecule has 0 aliphatic heterocycles. The molecule has 0 aliphatic rings. The van der Waals surface area contributed by atoms with Crippen molar-refractivity contribution in [3.05, 3.63) is 62.1 Å². The zero-order valence-corrected chi connectivity index (χ0v) is 17.0. The Balaban J connectivity index is 1.80. The van der Waals surface area contributed by atoms with E-state index in [0.29, 0.717) is 32.7 Å². The Labute approximate surface area is 168 Å². The van der Waals surface area contributed by atoms with E-state index in [1.165, 1.54) is 10.6 Å². The lowest BCUT2D eigenvalue weighted by molar-refractivity contribution is -0.384. The third-order valence-corrected chi connectivity index (χ3v) is 5.25. The van der Waals surface area contributed by atoms with Crippen molar-refractivity contribution in [2.75, 3.05) is 0 Å². The molecule has 0 bridgehead atoms. The molecule has 9 nitrogen and oxygen atoms in total. The number of nitrogens with zero attached hydrogens (tertiary/aromatic N) is 5. The smallest absolute Gasteiger partial charge is 0.297 e. The molecule has 0 fully saturated rings. The average molecular weight is 411 g/mol. The fourth-order valence-electron chi connectivity index (χ4n) is 2.88. The fourth-order valence-corrected chi connectivity index (χ4v) is 3.68. The first-order valence-electron chi connectivity index (χ1n) is 8.78. The number of hydrogen-bond acceptors (Lipinski definition) is 8. The van der Waals surface area contributed by atoms with E-state index in [1.54, 1.807) is 31.2 Å². The first kappa shape index (κ1) is 18.9. The molecule has 0 saturated carbocycles. The molecule has 4 rings (SSSR count). The summed E-state index contributed by atoms with van der Waals surface area (Å²) < 4.78 is 7.05. The van der Waals surface area contributed by atoms with Gasteiger partial charge in [0.2, 0.25) is 4.96 Å². The van der Waals surface area contributed by atoms with Crippen LogP contribution >= 0.6 is 11.3 Å². The van der Waals surface area contributed by atoms with Crippen LogP contribution in [-0.4, -0.2) is 24.7 Å². The van der Waals surface area contributed by atoms with Gasteiger partial charge in [0.05, 0.1) is 10.5 Å². The summed E-state index contributed by atoms with van der Waals surface area (Å²) in [5.41, 5.74) is 0.656. The van der Waals surface area contributed by atoms with E-state index in [9.17, 15) is 14.9 Å². The van der Waals surface area contributed by atoms with Crippen LogP contribution in [0.3, 0.4) is 0 Å². The summed E-state index contributed by atoms with van der Waals surface area (Å²) >= 11 is 1.16. The monoisotopic (exact) mass is 411 g/mol. The summed E-state index contributed by atoms with van der Waals surface area (Å²) in [6.45, 7) is 7.43. The van der Waals surface area contributed by atoms with E-state index in [0.717, 1.165) is 16.9 Å². The van der Waals surface area contributed by atoms with Gasteiger partial charge in [-0.15, -0.1) is 15.3 Å². The number of aromatic nitrogens is 4. The average Bonchev–Trinajstić information content (AvgIpc) is 3.27. The predicted molar refractivity (Wildman–Crippen MR) is 108 cm³/mol. The highest BCUT2D eigenvalue weighted by Gasteiger charge is 2.24. The standard InChI is InChI=1S/C19H17N5O4S/c1-10-5-6-11(12(9-10)24(26)27)13-7-8-14(28-13)16-22-23-17(25)15(19(2,3)4)20-21-18(23)29-16/h5-9H,1-4H3. The van der Waals surface area contributed by atoms with Crippen molar-refractivity contribution in [1.82, 2.24) is 19.8 Å². The van der Waals surface area contributed by atoms with Gasteiger partial charge in [-0.1, -0.05) is 38.2 Å². The topological polar surface area (TPSA) is 116 Å². The molecule has 0 unspecified atom stereocenters. The van der Waals surface area contributed by atoms with Crippen LogP contribution < -0.4 is 5.56 Å².